The smallest absolute Gasteiger partial charge is 0.343 e. The first-order valence-electron chi connectivity index (χ1n) is 4.89. The molecule has 0 bridgehead atoms. The molecule has 0 unspecified atom stereocenters. The van der Waals surface area contributed by atoms with Crippen LogP contribution in [0.2, 0.25) is 0 Å². The Morgan fingerprint density at radius 3 is 3.00 bits per heavy atom. The Kier molecular flexibility index (Phi) is 3.38. The molecule has 1 aliphatic rings. The number of rotatable bonds is 2. The molecule has 0 saturated heterocycles. The van der Waals surface area contributed by atoms with Crippen molar-refractivity contribution >= 4 is 28.4 Å². The number of aliphatic imine (C=N–C) groups is 1. The van der Waals surface area contributed by atoms with Gasteiger partial charge in [-0.15, -0.1) is 0 Å². The van der Waals surface area contributed by atoms with Gasteiger partial charge in [-0.25, -0.2) is 9.97 Å². The third kappa shape index (κ3) is 2.61. The van der Waals surface area contributed by atoms with Crippen LogP contribution in [0.5, 0.6) is 0 Å². The second kappa shape index (κ2) is 4.95. The van der Waals surface area contributed by atoms with E-state index in [9.17, 15) is 10.1 Å². The van der Waals surface area contributed by atoms with Gasteiger partial charge in [0.05, 0.1) is 4.92 Å². The predicted octanol–water partition coefficient (Wildman–Crippen LogP) is 0.408. The molecule has 0 saturated carbocycles. The van der Waals surface area contributed by atoms with Crippen LogP contribution in [0.15, 0.2) is 16.3 Å². The van der Waals surface area contributed by atoms with E-state index >= 15 is 0 Å². The SMILES string of the molecule is Nc1ncnc(SC2=NCCCN2)c1[N+](=O)[O-]. The van der Waals surface area contributed by atoms with Crippen LogP contribution >= 0.6 is 11.8 Å². The summed E-state index contributed by atoms with van der Waals surface area (Å²) < 4.78 is 0. The Morgan fingerprint density at radius 1 is 1.53 bits per heavy atom. The Labute approximate surface area is 101 Å². The van der Waals surface area contributed by atoms with Gasteiger partial charge in [0.15, 0.2) is 10.2 Å². The largest absolute Gasteiger partial charge is 0.378 e. The minimum absolute atomic E-state index is 0.135. The third-order valence-corrected chi connectivity index (χ3v) is 3.02. The summed E-state index contributed by atoms with van der Waals surface area (Å²) in [5.41, 5.74) is 5.19. The number of aromatic nitrogens is 2. The maximum absolute atomic E-state index is 10.9. The van der Waals surface area contributed by atoms with E-state index in [1.54, 1.807) is 0 Å². The maximum Gasteiger partial charge on any atom is 0.343 e. The van der Waals surface area contributed by atoms with Crippen molar-refractivity contribution in [3.8, 4) is 0 Å². The van der Waals surface area contributed by atoms with Crippen LogP contribution in [0.4, 0.5) is 11.5 Å². The first kappa shape index (κ1) is 11.6. The van der Waals surface area contributed by atoms with Crippen molar-refractivity contribution < 1.29 is 4.92 Å². The predicted molar refractivity (Wildman–Crippen MR) is 63.9 cm³/mol. The van der Waals surface area contributed by atoms with Crippen LogP contribution in [0.25, 0.3) is 0 Å². The van der Waals surface area contributed by atoms with Crippen molar-refractivity contribution in [2.24, 2.45) is 4.99 Å². The van der Waals surface area contributed by atoms with Crippen LogP contribution < -0.4 is 11.1 Å². The number of nitrogens with two attached hydrogens (primary N) is 1. The number of nitrogens with one attached hydrogen (secondary N) is 1. The van der Waals surface area contributed by atoms with Crippen molar-refractivity contribution in [2.75, 3.05) is 18.8 Å². The van der Waals surface area contributed by atoms with Crippen LogP contribution in [0.3, 0.4) is 0 Å². The van der Waals surface area contributed by atoms with Gasteiger partial charge in [-0.1, -0.05) is 0 Å². The number of thioether (sulfide) groups is 1. The molecule has 0 radical (unpaired) electrons. The van der Waals surface area contributed by atoms with Gasteiger partial charge in [0.1, 0.15) is 6.33 Å². The fraction of sp³-hybridized carbons (Fsp3) is 0.375. The number of nitrogens with zero attached hydrogens (tertiary/aromatic N) is 4. The summed E-state index contributed by atoms with van der Waals surface area (Å²) in [6.07, 6.45) is 2.16. The van der Waals surface area contributed by atoms with E-state index in [0.29, 0.717) is 11.7 Å². The summed E-state index contributed by atoms with van der Waals surface area (Å²) in [5, 5.41) is 14.7. The van der Waals surface area contributed by atoms with E-state index in [1.165, 1.54) is 6.33 Å². The van der Waals surface area contributed by atoms with Crippen LogP contribution in [-0.2, 0) is 0 Å². The summed E-state index contributed by atoms with van der Waals surface area (Å²) in [4.78, 5) is 21.9. The van der Waals surface area contributed by atoms with Crippen LogP contribution in [0.1, 0.15) is 6.42 Å². The summed E-state index contributed by atoms with van der Waals surface area (Å²) >= 11 is 1.10. The van der Waals surface area contributed by atoms with Crippen molar-refractivity contribution in [2.45, 2.75) is 11.4 Å². The van der Waals surface area contributed by atoms with E-state index in [-0.39, 0.29) is 16.5 Å². The summed E-state index contributed by atoms with van der Waals surface area (Å²) in [6.45, 7) is 1.52. The highest BCUT2D eigenvalue weighted by Crippen LogP contribution is 2.30. The monoisotopic (exact) mass is 254 g/mol. The Morgan fingerprint density at radius 2 is 2.35 bits per heavy atom. The van der Waals surface area contributed by atoms with Gasteiger partial charge in [0, 0.05) is 13.1 Å². The van der Waals surface area contributed by atoms with Gasteiger partial charge >= 0.3 is 5.69 Å². The first-order valence-corrected chi connectivity index (χ1v) is 5.71. The fourth-order valence-corrected chi connectivity index (χ4v) is 2.18. The molecular weight excluding hydrogens is 244 g/mol. The third-order valence-electron chi connectivity index (χ3n) is 2.06. The minimum Gasteiger partial charge on any atom is -0.378 e. The average molecular weight is 254 g/mol. The number of hydrogen-bond acceptors (Lipinski definition) is 8. The molecule has 0 spiro atoms. The zero-order chi connectivity index (χ0) is 12.3. The highest BCUT2D eigenvalue weighted by atomic mass is 32.2. The second-order valence-electron chi connectivity index (χ2n) is 3.24. The van der Waals surface area contributed by atoms with Crippen molar-refractivity contribution in [3.05, 3.63) is 16.4 Å². The number of hydrogen-bond donors (Lipinski definition) is 2. The molecule has 0 fully saturated rings. The molecule has 1 aliphatic heterocycles. The van der Waals surface area contributed by atoms with E-state index in [4.69, 9.17) is 5.73 Å². The minimum atomic E-state index is -0.582. The zero-order valence-electron chi connectivity index (χ0n) is 8.79. The molecule has 9 heteroatoms. The molecule has 0 atom stereocenters. The molecule has 2 rings (SSSR count). The lowest BCUT2D eigenvalue weighted by Crippen LogP contribution is -2.26. The second-order valence-corrected chi connectivity index (χ2v) is 4.22. The Bertz CT molecular complexity index is 477. The van der Waals surface area contributed by atoms with Crippen LogP contribution in [-0.4, -0.2) is 33.1 Å². The molecule has 17 heavy (non-hydrogen) atoms. The lowest BCUT2D eigenvalue weighted by molar-refractivity contribution is -0.387. The van der Waals surface area contributed by atoms with Crippen molar-refractivity contribution in [3.63, 3.8) is 0 Å². The number of amidine groups is 1. The molecule has 0 amide bonds. The highest BCUT2D eigenvalue weighted by molar-refractivity contribution is 8.13. The first-order chi connectivity index (χ1) is 8.18. The summed E-state index contributed by atoms with van der Waals surface area (Å²) in [5.74, 6) is -0.135. The molecule has 3 N–H and O–H groups in total. The van der Waals surface area contributed by atoms with E-state index in [2.05, 4.69) is 20.3 Å². The quantitative estimate of drug-likeness (QED) is 0.445. The lowest BCUT2D eigenvalue weighted by Gasteiger charge is -2.13. The maximum atomic E-state index is 10.9. The summed E-state index contributed by atoms with van der Waals surface area (Å²) in [7, 11) is 0. The molecular formula is C8H10N6O2S. The summed E-state index contributed by atoms with van der Waals surface area (Å²) in [6, 6.07) is 0. The van der Waals surface area contributed by atoms with Gasteiger partial charge in [-0.3, -0.25) is 15.1 Å². The van der Waals surface area contributed by atoms with Gasteiger partial charge in [0.2, 0.25) is 5.82 Å². The molecule has 1 aromatic heterocycles. The van der Waals surface area contributed by atoms with E-state index in [0.717, 1.165) is 24.7 Å². The fourth-order valence-electron chi connectivity index (χ4n) is 1.29. The molecule has 1 aromatic rings. The van der Waals surface area contributed by atoms with Crippen molar-refractivity contribution in [1.82, 2.24) is 15.3 Å². The van der Waals surface area contributed by atoms with Gasteiger partial charge in [-0.2, -0.15) is 0 Å². The standard InChI is InChI=1S/C8H10N6O2S/c9-6-5(14(15)16)7(13-4-12-6)17-8-10-2-1-3-11-8/h4H,1-3H2,(H,10,11)(H2,9,12,13). The van der Waals surface area contributed by atoms with E-state index in [1.807, 2.05) is 0 Å². The average Bonchev–Trinajstić information content (AvgIpc) is 2.30. The van der Waals surface area contributed by atoms with Crippen molar-refractivity contribution in [1.29, 1.82) is 0 Å². The molecule has 2 heterocycles. The zero-order valence-corrected chi connectivity index (χ0v) is 9.61. The number of nitrogen functional groups attached to an aromatic ring is 1. The molecule has 90 valence electrons. The Hall–Kier alpha value is -1.90. The van der Waals surface area contributed by atoms with Gasteiger partial charge in [-0.05, 0) is 18.2 Å². The Balaban J connectivity index is 2.29. The normalized spacial score (nSPS) is 14.9. The molecule has 0 aliphatic carbocycles. The molecule has 0 aromatic carbocycles. The lowest BCUT2D eigenvalue weighted by atomic mass is 10.4. The number of nitro groups is 1. The highest BCUT2D eigenvalue weighted by Gasteiger charge is 2.23. The van der Waals surface area contributed by atoms with E-state index < -0.39 is 4.92 Å². The van der Waals surface area contributed by atoms with Gasteiger partial charge < -0.3 is 11.1 Å². The number of anilines is 1. The molecule has 8 nitrogen and oxygen atoms in total. The van der Waals surface area contributed by atoms with Gasteiger partial charge in [0.25, 0.3) is 0 Å². The topological polar surface area (TPSA) is 119 Å². The van der Waals surface area contributed by atoms with Crippen LogP contribution in [0, 0.1) is 10.1 Å².